The van der Waals surface area contributed by atoms with Crippen molar-refractivity contribution >= 4 is 11.4 Å². The molecule has 1 saturated heterocycles. The number of halogens is 3. The molecule has 2 aromatic carbocycles. The van der Waals surface area contributed by atoms with Crippen LogP contribution in [0, 0.1) is 10.1 Å². The van der Waals surface area contributed by atoms with Crippen LogP contribution in [0.5, 0.6) is 0 Å². The fourth-order valence-corrected chi connectivity index (χ4v) is 3.07. The van der Waals surface area contributed by atoms with Gasteiger partial charge < -0.3 is 4.90 Å². The highest BCUT2D eigenvalue weighted by Crippen LogP contribution is 2.32. The van der Waals surface area contributed by atoms with E-state index in [4.69, 9.17) is 0 Å². The van der Waals surface area contributed by atoms with Crippen LogP contribution in [0.2, 0.25) is 0 Å². The molecule has 138 valence electrons. The van der Waals surface area contributed by atoms with Crippen molar-refractivity contribution in [2.24, 2.45) is 0 Å². The second-order valence-electron chi connectivity index (χ2n) is 6.24. The summed E-state index contributed by atoms with van der Waals surface area (Å²) in [6.07, 6.45) is -4.35. The van der Waals surface area contributed by atoms with Gasteiger partial charge in [-0.25, -0.2) is 0 Å². The number of anilines is 1. The van der Waals surface area contributed by atoms with Gasteiger partial charge >= 0.3 is 6.18 Å². The normalized spacial score (nSPS) is 15.9. The number of nitrogens with zero attached hydrogens (tertiary/aromatic N) is 3. The van der Waals surface area contributed by atoms with Crippen LogP contribution in [-0.4, -0.2) is 36.0 Å². The maximum absolute atomic E-state index is 12.9. The summed E-state index contributed by atoms with van der Waals surface area (Å²) < 4.78 is 38.6. The molecule has 2 aromatic rings. The summed E-state index contributed by atoms with van der Waals surface area (Å²) in [5.41, 5.74) is 0.834. The lowest BCUT2D eigenvalue weighted by Crippen LogP contribution is -2.46. The van der Waals surface area contributed by atoms with Gasteiger partial charge in [-0.1, -0.05) is 18.2 Å². The average Bonchev–Trinajstić information content (AvgIpc) is 2.62. The van der Waals surface area contributed by atoms with Crippen LogP contribution in [0.25, 0.3) is 0 Å². The minimum atomic E-state index is -4.35. The Bertz CT molecular complexity index is 787. The van der Waals surface area contributed by atoms with Crippen LogP contribution >= 0.6 is 0 Å². The van der Waals surface area contributed by atoms with Crippen LogP contribution in [0.4, 0.5) is 24.5 Å². The molecule has 3 rings (SSSR count). The van der Waals surface area contributed by atoms with Crippen molar-refractivity contribution in [3.8, 4) is 0 Å². The molecule has 0 N–H and O–H groups in total. The van der Waals surface area contributed by atoms with E-state index < -0.39 is 16.7 Å². The Morgan fingerprint density at radius 1 is 1.00 bits per heavy atom. The van der Waals surface area contributed by atoms with Gasteiger partial charge in [0.05, 0.1) is 10.5 Å². The van der Waals surface area contributed by atoms with Gasteiger partial charge in [-0.2, -0.15) is 13.2 Å². The summed E-state index contributed by atoms with van der Waals surface area (Å²) in [5.74, 6) is 0. The first-order valence-corrected chi connectivity index (χ1v) is 8.21. The van der Waals surface area contributed by atoms with Crippen molar-refractivity contribution in [1.29, 1.82) is 0 Å². The van der Waals surface area contributed by atoms with Crippen LogP contribution in [-0.2, 0) is 12.7 Å². The highest BCUT2D eigenvalue weighted by atomic mass is 19.4. The second kappa shape index (κ2) is 7.33. The van der Waals surface area contributed by atoms with Crippen LogP contribution < -0.4 is 4.90 Å². The van der Waals surface area contributed by atoms with E-state index in [0.717, 1.165) is 11.6 Å². The van der Waals surface area contributed by atoms with E-state index >= 15 is 0 Å². The predicted molar refractivity (Wildman–Crippen MR) is 92.0 cm³/mol. The van der Waals surface area contributed by atoms with E-state index in [9.17, 15) is 23.3 Å². The van der Waals surface area contributed by atoms with Crippen molar-refractivity contribution in [3.63, 3.8) is 0 Å². The molecular weight excluding hydrogens is 347 g/mol. The Hall–Kier alpha value is -2.61. The minimum absolute atomic E-state index is 0.0603. The third-order valence-corrected chi connectivity index (χ3v) is 4.44. The summed E-state index contributed by atoms with van der Waals surface area (Å²) in [5, 5.41) is 10.8. The fourth-order valence-electron chi connectivity index (χ4n) is 3.07. The molecule has 1 aliphatic heterocycles. The van der Waals surface area contributed by atoms with Crippen molar-refractivity contribution in [2.75, 3.05) is 31.1 Å². The lowest BCUT2D eigenvalue weighted by molar-refractivity contribution is -0.384. The molecule has 0 unspecified atom stereocenters. The zero-order valence-corrected chi connectivity index (χ0v) is 13.9. The van der Waals surface area contributed by atoms with Gasteiger partial charge in [-0.15, -0.1) is 0 Å². The van der Waals surface area contributed by atoms with Gasteiger partial charge in [0, 0.05) is 50.5 Å². The summed E-state index contributed by atoms with van der Waals surface area (Å²) >= 11 is 0. The molecule has 1 fully saturated rings. The van der Waals surface area contributed by atoms with Gasteiger partial charge in [0.15, 0.2) is 0 Å². The molecule has 26 heavy (non-hydrogen) atoms. The van der Waals surface area contributed by atoms with Crippen LogP contribution in [0.1, 0.15) is 11.1 Å². The van der Waals surface area contributed by atoms with Crippen molar-refractivity contribution in [3.05, 3.63) is 69.8 Å². The third-order valence-electron chi connectivity index (χ3n) is 4.44. The lowest BCUT2D eigenvalue weighted by atomic mass is 10.1. The SMILES string of the molecule is O=[N+]([O-])c1cccc(CN2CCN(c3cccc(C(F)(F)F)c3)CC2)c1. The standard InChI is InChI=1S/C18H18F3N3O2/c19-18(20,21)15-4-2-5-16(12-15)23-9-7-22(8-10-23)13-14-3-1-6-17(11-14)24(25)26/h1-6,11-12H,7-10,13H2. The first-order chi connectivity index (χ1) is 12.3. The number of benzene rings is 2. The maximum atomic E-state index is 12.9. The highest BCUT2D eigenvalue weighted by molar-refractivity contribution is 5.49. The van der Waals surface area contributed by atoms with Crippen molar-refractivity contribution < 1.29 is 18.1 Å². The molecule has 1 heterocycles. The van der Waals surface area contributed by atoms with Gasteiger partial charge in [-0.05, 0) is 23.8 Å². The number of hydrogen-bond acceptors (Lipinski definition) is 4. The number of piperazine rings is 1. The zero-order chi connectivity index (χ0) is 18.7. The summed E-state index contributed by atoms with van der Waals surface area (Å²) in [4.78, 5) is 14.5. The Kier molecular flexibility index (Phi) is 5.13. The van der Waals surface area contributed by atoms with E-state index in [1.807, 2.05) is 11.0 Å². The van der Waals surface area contributed by atoms with Crippen LogP contribution in [0.3, 0.4) is 0 Å². The first kappa shape index (κ1) is 18.2. The highest BCUT2D eigenvalue weighted by Gasteiger charge is 2.31. The second-order valence-corrected chi connectivity index (χ2v) is 6.24. The Labute approximate surface area is 148 Å². The molecule has 0 saturated carbocycles. The van der Waals surface area contributed by atoms with E-state index in [2.05, 4.69) is 4.90 Å². The number of alkyl halides is 3. The lowest BCUT2D eigenvalue weighted by Gasteiger charge is -2.36. The molecule has 0 aromatic heterocycles. The molecule has 0 atom stereocenters. The predicted octanol–water partition coefficient (Wildman–Crippen LogP) is 3.94. The van der Waals surface area contributed by atoms with Gasteiger partial charge in [0.2, 0.25) is 0 Å². The third kappa shape index (κ3) is 4.32. The van der Waals surface area contributed by atoms with Crippen molar-refractivity contribution in [1.82, 2.24) is 4.90 Å². The molecule has 0 spiro atoms. The zero-order valence-electron chi connectivity index (χ0n) is 13.9. The topological polar surface area (TPSA) is 49.6 Å². The molecule has 0 radical (unpaired) electrons. The summed E-state index contributed by atoms with van der Waals surface area (Å²) in [6.45, 7) is 3.16. The number of non-ortho nitro benzene ring substituents is 1. The van der Waals surface area contributed by atoms with E-state index in [-0.39, 0.29) is 5.69 Å². The molecule has 0 amide bonds. The number of rotatable bonds is 4. The fraction of sp³-hybridized carbons (Fsp3) is 0.333. The Morgan fingerprint density at radius 3 is 2.35 bits per heavy atom. The molecular formula is C18H18F3N3O2. The van der Waals surface area contributed by atoms with E-state index in [1.165, 1.54) is 18.2 Å². The largest absolute Gasteiger partial charge is 0.416 e. The quantitative estimate of drug-likeness (QED) is 0.608. The monoisotopic (exact) mass is 365 g/mol. The average molecular weight is 365 g/mol. The molecule has 0 bridgehead atoms. The van der Waals surface area contributed by atoms with Gasteiger partial charge in [0.25, 0.3) is 5.69 Å². The van der Waals surface area contributed by atoms with Gasteiger partial charge in [0.1, 0.15) is 0 Å². The number of hydrogen-bond donors (Lipinski definition) is 0. The summed E-state index contributed by atoms with van der Waals surface area (Å²) in [6, 6.07) is 11.9. The number of nitro groups is 1. The Morgan fingerprint density at radius 2 is 1.69 bits per heavy atom. The van der Waals surface area contributed by atoms with Crippen molar-refractivity contribution in [2.45, 2.75) is 12.7 Å². The smallest absolute Gasteiger partial charge is 0.369 e. The summed E-state index contributed by atoms with van der Waals surface area (Å²) in [7, 11) is 0. The maximum Gasteiger partial charge on any atom is 0.416 e. The molecule has 1 aliphatic rings. The molecule has 8 heteroatoms. The molecule has 5 nitrogen and oxygen atoms in total. The van der Waals surface area contributed by atoms with Gasteiger partial charge in [-0.3, -0.25) is 15.0 Å². The minimum Gasteiger partial charge on any atom is -0.369 e. The van der Waals surface area contributed by atoms with Crippen LogP contribution in [0.15, 0.2) is 48.5 Å². The van der Waals surface area contributed by atoms with E-state index in [0.29, 0.717) is 38.4 Å². The first-order valence-electron chi connectivity index (χ1n) is 8.21. The Balaban J connectivity index is 1.61. The van der Waals surface area contributed by atoms with E-state index in [1.54, 1.807) is 18.2 Å². The number of nitro benzene ring substituents is 1. The molecule has 0 aliphatic carbocycles.